The van der Waals surface area contributed by atoms with E-state index in [1.54, 1.807) is 24.3 Å². The molecular weight excluding hydrogens is 266 g/mol. The molecule has 0 saturated heterocycles. The molecule has 1 aromatic rings. The molecule has 1 aromatic carbocycles. The lowest BCUT2D eigenvalue weighted by molar-refractivity contribution is 0.0964. The number of urea groups is 1. The first-order valence-electron chi connectivity index (χ1n) is 7.52. The van der Waals surface area contributed by atoms with E-state index in [0.717, 1.165) is 25.7 Å². The molecule has 0 fully saturated rings. The van der Waals surface area contributed by atoms with Crippen LogP contribution in [0.5, 0.6) is 0 Å². The van der Waals surface area contributed by atoms with Crippen molar-refractivity contribution in [3.63, 3.8) is 0 Å². The van der Waals surface area contributed by atoms with Crippen molar-refractivity contribution >= 4 is 17.6 Å². The van der Waals surface area contributed by atoms with Gasteiger partial charge in [0, 0.05) is 12.2 Å². The first kappa shape index (κ1) is 17.0. The average molecular weight is 291 g/mol. The number of unbranched alkanes of at least 4 members (excludes halogenated alkanes) is 1. The summed E-state index contributed by atoms with van der Waals surface area (Å²) >= 11 is 0. The van der Waals surface area contributed by atoms with E-state index >= 15 is 0 Å². The standard InChI is InChI=1S/C16H25N3O2/c1-3-5-8-12(4-2)11-18-16(21)19-15(20)13-9-6-7-10-14(13)17/h6-7,9-10,12H,3-5,8,11,17H2,1-2H3,(H2,18,19,20,21). The number of benzene rings is 1. The second-order valence-electron chi connectivity index (χ2n) is 5.17. The summed E-state index contributed by atoms with van der Waals surface area (Å²) in [6.45, 7) is 4.84. The fourth-order valence-corrected chi connectivity index (χ4v) is 2.10. The van der Waals surface area contributed by atoms with Crippen molar-refractivity contribution in [2.45, 2.75) is 39.5 Å². The maximum absolute atomic E-state index is 11.9. The molecule has 1 rings (SSSR count). The number of nitrogens with one attached hydrogen (secondary N) is 2. The molecule has 3 amide bonds. The van der Waals surface area contributed by atoms with Crippen molar-refractivity contribution in [2.24, 2.45) is 5.92 Å². The SMILES string of the molecule is CCCCC(CC)CNC(=O)NC(=O)c1ccccc1N. The maximum Gasteiger partial charge on any atom is 0.321 e. The Morgan fingerprint density at radius 3 is 2.57 bits per heavy atom. The van der Waals surface area contributed by atoms with E-state index in [0.29, 0.717) is 23.7 Å². The predicted octanol–water partition coefficient (Wildman–Crippen LogP) is 2.92. The number of amides is 3. The largest absolute Gasteiger partial charge is 0.398 e. The summed E-state index contributed by atoms with van der Waals surface area (Å²) in [5, 5.41) is 5.05. The smallest absolute Gasteiger partial charge is 0.321 e. The van der Waals surface area contributed by atoms with Gasteiger partial charge in [-0.3, -0.25) is 10.1 Å². The number of hydrogen-bond acceptors (Lipinski definition) is 3. The van der Waals surface area contributed by atoms with Crippen molar-refractivity contribution in [3.8, 4) is 0 Å². The lowest BCUT2D eigenvalue weighted by Crippen LogP contribution is -2.41. The molecule has 0 radical (unpaired) electrons. The highest BCUT2D eigenvalue weighted by Crippen LogP contribution is 2.11. The molecule has 1 atom stereocenters. The molecule has 1 unspecified atom stereocenters. The second-order valence-corrected chi connectivity index (χ2v) is 5.17. The summed E-state index contributed by atoms with van der Waals surface area (Å²) in [6, 6.07) is 6.20. The van der Waals surface area contributed by atoms with Gasteiger partial charge in [-0.15, -0.1) is 0 Å². The predicted molar refractivity (Wildman–Crippen MR) is 85.0 cm³/mol. The maximum atomic E-state index is 11.9. The Balaban J connectivity index is 2.43. The summed E-state index contributed by atoms with van der Waals surface area (Å²) < 4.78 is 0. The van der Waals surface area contributed by atoms with Crippen molar-refractivity contribution in [1.82, 2.24) is 10.6 Å². The molecule has 0 saturated carbocycles. The minimum absolute atomic E-state index is 0.311. The van der Waals surface area contributed by atoms with Crippen LogP contribution in [0, 0.1) is 5.92 Å². The van der Waals surface area contributed by atoms with Gasteiger partial charge in [0.2, 0.25) is 0 Å². The van der Waals surface area contributed by atoms with Crippen LogP contribution in [0.3, 0.4) is 0 Å². The second kappa shape index (κ2) is 9.00. The zero-order chi connectivity index (χ0) is 15.7. The highest BCUT2D eigenvalue weighted by molar-refractivity contribution is 6.07. The number of anilines is 1. The van der Waals surface area contributed by atoms with Crippen molar-refractivity contribution < 1.29 is 9.59 Å². The van der Waals surface area contributed by atoms with Gasteiger partial charge in [0.25, 0.3) is 5.91 Å². The van der Waals surface area contributed by atoms with E-state index < -0.39 is 11.9 Å². The molecule has 4 N–H and O–H groups in total. The van der Waals surface area contributed by atoms with Crippen molar-refractivity contribution in [1.29, 1.82) is 0 Å². The molecule has 0 aliphatic carbocycles. The molecule has 21 heavy (non-hydrogen) atoms. The van der Waals surface area contributed by atoms with Crippen molar-refractivity contribution in [3.05, 3.63) is 29.8 Å². The Hall–Kier alpha value is -2.04. The molecule has 0 spiro atoms. The van der Waals surface area contributed by atoms with Gasteiger partial charge in [0.1, 0.15) is 0 Å². The van der Waals surface area contributed by atoms with Gasteiger partial charge in [-0.1, -0.05) is 45.2 Å². The topological polar surface area (TPSA) is 84.2 Å². The van der Waals surface area contributed by atoms with Crippen LogP contribution in [0.25, 0.3) is 0 Å². The van der Waals surface area contributed by atoms with E-state index in [1.165, 1.54) is 0 Å². The highest BCUT2D eigenvalue weighted by atomic mass is 16.2. The molecule has 5 heteroatoms. The van der Waals surface area contributed by atoms with E-state index in [-0.39, 0.29) is 0 Å². The van der Waals surface area contributed by atoms with Crippen LogP contribution < -0.4 is 16.4 Å². The Labute approximate surface area is 126 Å². The van der Waals surface area contributed by atoms with Gasteiger partial charge in [0.15, 0.2) is 0 Å². The Kier molecular flexibility index (Phi) is 7.29. The third-order valence-electron chi connectivity index (χ3n) is 3.53. The van der Waals surface area contributed by atoms with Gasteiger partial charge in [-0.05, 0) is 24.5 Å². The third kappa shape index (κ3) is 5.85. The number of imide groups is 1. The summed E-state index contributed by atoms with van der Waals surface area (Å²) in [5.74, 6) is -0.0280. The van der Waals surface area contributed by atoms with Crippen molar-refractivity contribution in [2.75, 3.05) is 12.3 Å². The van der Waals surface area contributed by atoms with Crippen LogP contribution in [-0.4, -0.2) is 18.5 Å². The first-order chi connectivity index (χ1) is 10.1. The first-order valence-corrected chi connectivity index (χ1v) is 7.52. The molecule has 116 valence electrons. The fraction of sp³-hybridized carbons (Fsp3) is 0.500. The molecule has 0 aromatic heterocycles. The quantitative estimate of drug-likeness (QED) is 0.675. The Morgan fingerprint density at radius 2 is 1.95 bits per heavy atom. The molecule has 5 nitrogen and oxygen atoms in total. The summed E-state index contributed by atoms with van der Waals surface area (Å²) in [7, 11) is 0. The van der Waals surface area contributed by atoms with Crippen LogP contribution in [0.2, 0.25) is 0 Å². The Morgan fingerprint density at radius 1 is 1.24 bits per heavy atom. The molecular formula is C16H25N3O2. The zero-order valence-electron chi connectivity index (χ0n) is 12.8. The van der Waals surface area contributed by atoms with Gasteiger partial charge in [0.05, 0.1) is 5.56 Å². The monoisotopic (exact) mass is 291 g/mol. The molecule has 0 aliphatic rings. The van der Waals surface area contributed by atoms with Crippen LogP contribution in [0.1, 0.15) is 49.9 Å². The van der Waals surface area contributed by atoms with Gasteiger partial charge in [-0.2, -0.15) is 0 Å². The van der Waals surface area contributed by atoms with E-state index in [1.807, 2.05) is 0 Å². The van der Waals surface area contributed by atoms with Gasteiger partial charge >= 0.3 is 6.03 Å². The Bertz CT molecular complexity index is 474. The number of hydrogen-bond donors (Lipinski definition) is 3. The fourth-order valence-electron chi connectivity index (χ4n) is 2.10. The number of rotatable bonds is 7. The third-order valence-corrected chi connectivity index (χ3v) is 3.53. The number of carbonyl (C=O) groups is 2. The highest BCUT2D eigenvalue weighted by Gasteiger charge is 2.13. The lowest BCUT2D eigenvalue weighted by atomic mass is 9.99. The van der Waals surface area contributed by atoms with Gasteiger partial charge < -0.3 is 11.1 Å². The van der Waals surface area contributed by atoms with E-state index in [2.05, 4.69) is 24.5 Å². The van der Waals surface area contributed by atoms with Crippen LogP contribution in [-0.2, 0) is 0 Å². The lowest BCUT2D eigenvalue weighted by Gasteiger charge is -2.15. The van der Waals surface area contributed by atoms with Crippen LogP contribution >= 0.6 is 0 Å². The summed E-state index contributed by atoms with van der Waals surface area (Å²) in [6.07, 6.45) is 4.41. The van der Waals surface area contributed by atoms with Crippen LogP contribution in [0.4, 0.5) is 10.5 Å². The van der Waals surface area contributed by atoms with Crippen LogP contribution in [0.15, 0.2) is 24.3 Å². The van der Waals surface area contributed by atoms with E-state index in [9.17, 15) is 9.59 Å². The van der Waals surface area contributed by atoms with Gasteiger partial charge in [-0.25, -0.2) is 4.79 Å². The number of nitrogens with two attached hydrogens (primary N) is 1. The molecule has 0 heterocycles. The number of carbonyl (C=O) groups excluding carboxylic acids is 2. The molecule has 0 bridgehead atoms. The number of nitrogen functional groups attached to an aromatic ring is 1. The molecule has 0 aliphatic heterocycles. The zero-order valence-corrected chi connectivity index (χ0v) is 12.8. The normalized spacial score (nSPS) is 11.7. The number of para-hydroxylation sites is 1. The average Bonchev–Trinajstić information content (AvgIpc) is 2.47. The summed E-state index contributed by atoms with van der Waals surface area (Å²) in [4.78, 5) is 23.7. The minimum atomic E-state index is -0.479. The van der Waals surface area contributed by atoms with E-state index in [4.69, 9.17) is 5.73 Å². The summed E-state index contributed by atoms with van der Waals surface area (Å²) in [5.41, 5.74) is 6.37. The minimum Gasteiger partial charge on any atom is -0.398 e.